The van der Waals surface area contributed by atoms with Gasteiger partial charge in [-0.25, -0.2) is 0 Å². The molecule has 1 rings (SSSR count). The summed E-state index contributed by atoms with van der Waals surface area (Å²) < 4.78 is 0. The second-order valence-corrected chi connectivity index (χ2v) is 5.04. The number of nitrogens with one attached hydrogen (secondary N) is 1. The first-order valence-corrected chi connectivity index (χ1v) is 7.50. The fraction of sp³-hybridized carbons (Fsp3) is 0.688. The van der Waals surface area contributed by atoms with Crippen molar-refractivity contribution in [2.75, 3.05) is 11.9 Å². The van der Waals surface area contributed by atoms with Gasteiger partial charge in [-0.05, 0) is 25.5 Å². The minimum atomic E-state index is 1.07. The molecular formula is C16H28N2. The van der Waals surface area contributed by atoms with Crippen molar-refractivity contribution in [2.45, 2.75) is 65.2 Å². The van der Waals surface area contributed by atoms with Gasteiger partial charge in [-0.3, -0.25) is 4.98 Å². The van der Waals surface area contributed by atoms with Crippen LogP contribution in [-0.2, 0) is 0 Å². The topological polar surface area (TPSA) is 24.9 Å². The number of rotatable bonds is 10. The van der Waals surface area contributed by atoms with Crippen LogP contribution < -0.4 is 5.32 Å². The number of hydrogen-bond donors (Lipinski definition) is 1. The van der Waals surface area contributed by atoms with Crippen LogP contribution in [0.2, 0.25) is 0 Å². The molecule has 0 saturated carbocycles. The number of pyridine rings is 1. The standard InChI is InChI=1S/C16H28N2/c1-3-4-5-6-7-8-9-10-13-18-16-12-11-14-17-15(16)2/h11-12,14,18H,3-10,13H2,1-2H3. The number of hydrogen-bond acceptors (Lipinski definition) is 2. The molecule has 0 saturated heterocycles. The van der Waals surface area contributed by atoms with Crippen LogP contribution in [0.15, 0.2) is 18.3 Å². The second kappa shape index (κ2) is 9.93. The van der Waals surface area contributed by atoms with Gasteiger partial charge in [0.25, 0.3) is 0 Å². The van der Waals surface area contributed by atoms with E-state index in [9.17, 15) is 0 Å². The summed E-state index contributed by atoms with van der Waals surface area (Å²) in [6.45, 7) is 5.39. The van der Waals surface area contributed by atoms with Crippen LogP contribution in [0.1, 0.15) is 64.0 Å². The van der Waals surface area contributed by atoms with Crippen LogP contribution in [0.25, 0.3) is 0 Å². The third-order valence-electron chi connectivity index (χ3n) is 3.35. The highest BCUT2D eigenvalue weighted by Crippen LogP contribution is 2.11. The smallest absolute Gasteiger partial charge is 0.0603 e. The summed E-state index contributed by atoms with van der Waals surface area (Å²) in [5.41, 5.74) is 2.28. The summed E-state index contributed by atoms with van der Waals surface area (Å²) in [6.07, 6.45) is 12.8. The number of anilines is 1. The van der Waals surface area contributed by atoms with Crippen molar-refractivity contribution >= 4 is 5.69 Å². The third kappa shape index (κ3) is 6.63. The third-order valence-corrected chi connectivity index (χ3v) is 3.35. The highest BCUT2D eigenvalue weighted by molar-refractivity contribution is 5.46. The van der Waals surface area contributed by atoms with E-state index in [2.05, 4.69) is 30.2 Å². The maximum Gasteiger partial charge on any atom is 0.0603 e. The molecule has 0 atom stereocenters. The summed E-state index contributed by atoms with van der Waals surface area (Å²) in [5.74, 6) is 0. The molecule has 1 aromatic heterocycles. The molecule has 0 radical (unpaired) electrons. The molecule has 1 N–H and O–H groups in total. The monoisotopic (exact) mass is 248 g/mol. The Morgan fingerprint density at radius 2 is 1.67 bits per heavy atom. The van der Waals surface area contributed by atoms with E-state index in [4.69, 9.17) is 0 Å². The molecule has 0 aliphatic rings. The molecule has 0 fully saturated rings. The van der Waals surface area contributed by atoms with Crippen molar-refractivity contribution in [1.82, 2.24) is 4.98 Å². The van der Waals surface area contributed by atoms with Crippen molar-refractivity contribution in [3.63, 3.8) is 0 Å². The SMILES string of the molecule is CCCCCCCCCCNc1cccnc1C. The Hall–Kier alpha value is -1.05. The first-order chi connectivity index (χ1) is 8.84. The summed E-state index contributed by atoms with van der Waals surface area (Å²) in [4.78, 5) is 4.27. The molecule has 0 aromatic carbocycles. The van der Waals surface area contributed by atoms with E-state index in [1.54, 1.807) is 0 Å². The highest BCUT2D eigenvalue weighted by atomic mass is 14.9. The van der Waals surface area contributed by atoms with E-state index in [-0.39, 0.29) is 0 Å². The van der Waals surface area contributed by atoms with Crippen molar-refractivity contribution < 1.29 is 0 Å². The molecule has 0 aliphatic carbocycles. The Bertz CT molecular complexity index is 310. The average Bonchev–Trinajstić information content (AvgIpc) is 2.39. The molecule has 18 heavy (non-hydrogen) atoms. The van der Waals surface area contributed by atoms with Gasteiger partial charge < -0.3 is 5.32 Å². The van der Waals surface area contributed by atoms with Crippen LogP contribution in [0.3, 0.4) is 0 Å². The Morgan fingerprint density at radius 1 is 1.00 bits per heavy atom. The molecule has 0 aliphatic heterocycles. The predicted molar refractivity (Wildman–Crippen MR) is 80.1 cm³/mol. The van der Waals surface area contributed by atoms with Crippen molar-refractivity contribution in [2.24, 2.45) is 0 Å². The zero-order valence-corrected chi connectivity index (χ0v) is 12.0. The first-order valence-electron chi connectivity index (χ1n) is 7.50. The summed E-state index contributed by atoms with van der Waals surface area (Å²) in [5, 5.41) is 3.46. The second-order valence-electron chi connectivity index (χ2n) is 5.04. The van der Waals surface area contributed by atoms with Gasteiger partial charge in [0, 0.05) is 12.7 Å². The molecule has 0 bridgehead atoms. The van der Waals surface area contributed by atoms with E-state index < -0.39 is 0 Å². The van der Waals surface area contributed by atoms with Crippen LogP contribution >= 0.6 is 0 Å². The van der Waals surface area contributed by atoms with E-state index >= 15 is 0 Å². The Labute approximate surface area is 112 Å². The quantitative estimate of drug-likeness (QED) is 0.593. The molecular weight excluding hydrogens is 220 g/mol. The lowest BCUT2D eigenvalue weighted by molar-refractivity contribution is 0.581. The highest BCUT2D eigenvalue weighted by Gasteiger charge is 1.96. The fourth-order valence-corrected chi connectivity index (χ4v) is 2.15. The zero-order valence-electron chi connectivity index (χ0n) is 12.0. The van der Waals surface area contributed by atoms with E-state index in [0.717, 1.165) is 12.2 Å². The fourth-order valence-electron chi connectivity index (χ4n) is 2.15. The van der Waals surface area contributed by atoms with Gasteiger partial charge in [0.15, 0.2) is 0 Å². The Morgan fingerprint density at radius 3 is 2.33 bits per heavy atom. The molecule has 0 amide bonds. The minimum Gasteiger partial charge on any atom is -0.384 e. The molecule has 1 aromatic rings. The van der Waals surface area contributed by atoms with Gasteiger partial charge in [0.05, 0.1) is 11.4 Å². The summed E-state index contributed by atoms with van der Waals surface area (Å²) in [7, 11) is 0. The average molecular weight is 248 g/mol. The van der Waals surface area contributed by atoms with Crippen LogP contribution in [0.5, 0.6) is 0 Å². The van der Waals surface area contributed by atoms with Gasteiger partial charge in [-0.2, -0.15) is 0 Å². The zero-order chi connectivity index (χ0) is 13.1. The molecule has 1 heterocycles. The normalized spacial score (nSPS) is 10.6. The van der Waals surface area contributed by atoms with Crippen LogP contribution in [0.4, 0.5) is 5.69 Å². The molecule has 0 unspecified atom stereocenters. The number of aromatic nitrogens is 1. The van der Waals surface area contributed by atoms with Gasteiger partial charge in [0.1, 0.15) is 0 Å². The maximum absolute atomic E-state index is 4.27. The number of nitrogens with zero attached hydrogens (tertiary/aromatic N) is 1. The molecule has 0 spiro atoms. The lowest BCUT2D eigenvalue weighted by atomic mass is 10.1. The summed E-state index contributed by atoms with van der Waals surface area (Å²) in [6, 6.07) is 4.09. The van der Waals surface area contributed by atoms with Crippen molar-refractivity contribution in [3.05, 3.63) is 24.0 Å². The van der Waals surface area contributed by atoms with Gasteiger partial charge in [-0.1, -0.05) is 51.9 Å². The molecule has 2 heteroatoms. The van der Waals surface area contributed by atoms with Gasteiger partial charge in [-0.15, -0.1) is 0 Å². The number of aryl methyl sites for hydroxylation is 1. The molecule has 102 valence electrons. The van der Waals surface area contributed by atoms with Crippen molar-refractivity contribution in [1.29, 1.82) is 0 Å². The summed E-state index contributed by atoms with van der Waals surface area (Å²) >= 11 is 0. The maximum atomic E-state index is 4.27. The van der Waals surface area contributed by atoms with E-state index in [0.29, 0.717) is 0 Å². The van der Waals surface area contributed by atoms with Gasteiger partial charge >= 0.3 is 0 Å². The van der Waals surface area contributed by atoms with Crippen LogP contribution in [-0.4, -0.2) is 11.5 Å². The first kappa shape index (κ1) is 15.0. The Kier molecular flexibility index (Phi) is 8.28. The van der Waals surface area contributed by atoms with E-state index in [1.807, 2.05) is 12.3 Å². The van der Waals surface area contributed by atoms with E-state index in [1.165, 1.54) is 57.1 Å². The lowest BCUT2D eigenvalue weighted by Crippen LogP contribution is -2.03. The van der Waals surface area contributed by atoms with Crippen LogP contribution in [0, 0.1) is 6.92 Å². The largest absolute Gasteiger partial charge is 0.384 e. The predicted octanol–water partition coefficient (Wildman–Crippen LogP) is 4.94. The minimum absolute atomic E-state index is 1.07. The lowest BCUT2D eigenvalue weighted by Gasteiger charge is -2.08. The van der Waals surface area contributed by atoms with Gasteiger partial charge in [0.2, 0.25) is 0 Å². The Balaban J connectivity index is 1.94. The van der Waals surface area contributed by atoms with Crippen molar-refractivity contribution in [3.8, 4) is 0 Å². The molecule has 2 nitrogen and oxygen atoms in total. The number of unbranched alkanes of at least 4 members (excludes halogenated alkanes) is 7.